The Kier molecular flexibility index (Phi) is 5.47. The molecule has 1 aliphatic heterocycles. The van der Waals surface area contributed by atoms with Crippen LogP contribution < -0.4 is 19.6 Å². The van der Waals surface area contributed by atoms with Gasteiger partial charge in [0.05, 0.1) is 24.7 Å². The lowest BCUT2D eigenvalue weighted by Gasteiger charge is -2.21. The maximum absolute atomic E-state index is 13.0. The summed E-state index contributed by atoms with van der Waals surface area (Å²) in [4.78, 5) is 13.0. The van der Waals surface area contributed by atoms with Crippen LogP contribution in [0.1, 0.15) is 11.1 Å². The Morgan fingerprint density at radius 2 is 1.84 bits per heavy atom. The molecule has 0 fully saturated rings. The van der Waals surface area contributed by atoms with Crippen LogP contribution in [0.15, 0.2) is 70.1 Å². The molecule has 5 rings (SSSR count). The van der Waals surface area contributed by atoms with E-state index in [0.717, 1.165) is 28.2 Å². The summed E-state index contributed by atoms with van der Waals surface area (Å²) in [5.41, 5.74) is 3.29. The number of fused-ring (bicyclic) bond motifs is 2. The van der Waals surface area contributed by atoms with Crippen LogP contribution in [0, 0.1) is 0 Å². The van der Waals surface area contributed by atoms with Crippen molar-refractivity contribution in [1.29, 1.82) is 0 Å². The molecule has 0 radical (unpaired) electrons. The van der Waals surface area contributed by atoms with Gasteiger partial charge in [-0.25, -0.2) is 0 Å². The maximum Gasteiger partial charge on any atom is 0.200 e. The molecule has 1 aliphatic rings. The molecular formula is C25H19ClO6. The molecule has 2 heterocycles. The van der Waals surface area contributed by atoms with Crippen LogP contribution in [0.5, 0.6) is 17.2 Å². The summed E-state index contributed by atoms with van der Waals surface area (Å²) in [6.07, 6.45) is 1.47. The van der Waals surface area contributed by atoms with E-state index >= 15 is 0 Å². The molecule has 162 valence electrons. The van der Waals surface area contributed by atoms with Crippen LogP contribution in [-0.4, -0.2) is 13.9 Å². The van der Waals surface area contributed by atoms with Crippen molar-refractivity contribution in [1.82, 2.24) is 0 Å². The van der Waals surface area contributed by atoms with Crippen molar-refractivity contribution in [2.24, 2.45) is 0 Å². The molecule has 0 spiro atoms. The molecule has 1 aromatic heterocycles. The highest BCUT2D eigenvalue weighted by Gasteiger charge is 2.17. The first kappa shape index (κ1) is 20.4. The van der Waals surface area contributed by atoms with Crippen molar-refractivity contribution in [3.8, 4) is 28.4 Å². The second-order valence-electron chi connectivity index (χ2n) is 7.32. The first-order chi connectivity index (χ1) is 15.6. The number of halogens is 1. The van der Waals surface area contributed by atoms with Gasteiger partial charge in [-0.05, 0) is 42.0 Å². The molecular weight excluding hydrogens is 432 g/mol. The summed E-state index contributed by atoms with van der Waals surface area (Å²) in [7, 11) is 1.60. The smallest absolute Gasteiger partial charge is 0.200 e. The maximum atomic E-state index is 13.0. The van der Waals surface area contributed by atoms with Gasteiger partial charge in [0.2, 0.25) is 0 Å². The van der Waals surface area contributed by atoms with Gasteiger partial charge in [0, 0.05) is 22.2 Å². The molecule has 32 heavy (non-hydrogen) atoms. The zero-order chi connectivity index (χ0) is 22.1. The minimum Gasteiger partial charge on any atom is -0.497 e. The minimum absolute atomic E-state index is 0.111. The van der Waals surface area contributed by atoms with E-state index in [2.05, 4.69) is 0 Å². The molecule has 0 aliphatic carbocycles. The molecule has 4 aromatic rings. The Morgan fingerprint density at radius 3 is 2.66 bits per heavy atom. The Morgan fingerprint density at radius 1 is 1.03 bits per heavy atom. The first-order valence-electron chi connectivity index (χ1n) is 9.97. The van der Waals surface area contributed by atoms with E-state index in [-0.39, 0.29) is 18.8 Å². The monoisotopic (exact) mass is 450 g/mol. The predicted molar refractivity (Wildman–Crippen MR) is 121 cm³/mol. The van der Waals surface area contributed by atoms with E-state index in [1.807, 2.05) is 24.3 Å². The quantitative estimate of drug-likeness (QED) is 0.396. The van der Waals surface area contributed by atoms with Gasteiger partial charge in [-0.3, -0.25) is 4.79 Å². The summed E-state index contributed by atoms with van der Waals surface area (Å²) in [6, 6.07) is 16.1. The van der Waals surface area contributed by atoms with Gasteiger partial charge in [0.1, 0.15) is 35.7 Å². The second kappa shape index (κ2) is 8.57. The Labute approximate surface area is 188 Å². The van der Waals surface area contributed by atoms with Crippen molar-refractivity contribution in [3.05, 3.63) is 87.2 Å². The summed E-state index contributed by atoms with van der Waals surface area (Å²) in [5, 5.41) is 1.07. The largest absolute Gasteiger partial charge is 0.497 e. The first-order valence-corrected chi connectivity index (χ1v) is 10.3. The Balaban J connectivity index is 1.41. The molecule has 0 amide bonds. The van der Waals surface area contributed by atoms with Crippen LogP contribution in [-0.2, 0) is 18.0 Å². The van der Waals surface area contributed by atoms with E-state index in [0.29, 0.717) is 33.9 Å². The van der Waals surface area contributed by atoms with Crippen LogP contribution in [0.4, 0.5) is 0 Å². The topological polar surface area (TPSA) is 67.1 Å². The van der Waals surface area contributed by atoms with Crippen molar-refractivity contribution < 1.29 is 23.4 Å². The van der Waals surface area contributed by atoms with Crippen LogP contribution >= 0.6 is 11.6 Å². The fourth-order valence-corrected chi connectivity index (χ4v) is 3.96. The SMILES string of the molecule is COc1ccc(-c2coc3cc(OCc4cc(Cl)cc5c4OCOC5)ccc3c2=O)cc1. The van der Waals surface area contributed by atoms with E-state index in [1.165, 1.54) is 6.26 Å². The molecule has 6 nitrogen and oxygen atoms in total. The van der Waals surface area contributed by atoms with Crippen LogP contribution in [0.3, 0.4) is 0 Å². The van der Waals surface area contributed by atoms with E-state index in [9.17, 15) is 4.79 Å². The third kappa shape index (κ3) is 3.90. The van der Waals surface area contributed by atoms with Gasteiger partial charge in [-0.2, -0.15) is 0 Å². The molecule has 3 aromatic carbocycles. The Hall–Kier alpha value is -3.48. The van der Waals surface area contributed by atoms with Crippen LogP contribution in [0.25, 0.3) is 22.1 Å². The van der Waals surface area contributed by atoms with Crippen molar-refractivity contribution >= 4 is 22.6 Å². The fourth-order valence-electron chi connectivity index (χ4n) is 3.69. The number of hydrogen-bond donors (Lipinski definition) is 0. The second-order valence-corrected chi connectivity index (χ2v) is 7.75. The average molecular weight is 451 g/mol. The van der Waals surface area contributed by atoms with E-state index < -0.39 is 0 Å². The fraction of sp³-hybridized carbons (Fsp3) is 0.160. The van der Waals surface area contributed by atoms with E-state index in [1.54, 1.807) is 37.4 Å². The highest BCUT2D eigenvalue weighted by Crippen LogP contribution is 2.33. The summed E-state index contributed by atoms with van der Waals surface area (Å²) in [5.74, 6) is 2.02. The normalized spacial score (nSPS) is 12.8. The highest BCUT2D eigenvalue weighted by molar-refractivity contribution is 6.30. The number of rotatable bonds is 5. The standard InChI is InChI=1S/C25H19ClO6/c1-28-19-4-2-15(3-5-19)22-13-31-23-10-20(6-7-21(23)24(22)27)30-12-17-9-18(26)8-16-11-29-14-32-25(16)17/h2-10,13H,11-12,14H2,1H3. The van der Waals surface area contributed by atoms with Crippen molar-refractivity contribution in [2.75, 3.05) is 13.9 Å². The third-order valence-corrected chi connectivity index (χ3v) is 5.51. The molecule has 0 bridgehead atoms. The molecule has 0 saturated carbocycles. The Bertz CT molecular complexity index is 1340. The van der Waals surface area contributed by atoms with Gasteiger partial charge >= 0.3 is 0 Å². The van der Waals surface area contributed by atoms with E-state index in [4.69, 9.17) is 35.0 Å². The summed E-state index contributed by atoms with van der Waals surface area (Å²) in [6.45, 7) is 0.891. The van der Waals surface area contributed by atoms with Gasteiger partial charge in [-0.1, -0.05) is 23.7 Å². The highest BCUT2D eigenvalue weighted by atomic mass is 35.5. The van der Waals surface area contributed by atoms with Crippen LogP contribution in [0.2, 0.25) is 5.02 Å². The third-order valence-electron chi connectivity index (χ3n) is 5.29. The summed E-state index contributed by atoms with van der Waals surface area (Å²) < 4.78 is 27.8. The predicted octanol–water partition coefficient (Wildman–Crippen LogP) is 5.57. The lowest BCUT2D eigenvalue weighted by atomic mass is 10.1. The molecule has 7 heteroatoms. The number of ether oxygens (including phenoxy) is 4. The summed E-state index contributed by atoms with van der Waals surface area (Å²) >= 11 is 6.22. The number of benzene rings is 3. The van der Waals surface area contributed by atoms with Gasteiger partial charge in [0.25, 0.3) is 0 Å². The molecule has 0 atom stereocenters. The van der Waals surface area contributed by atoms with Gasteiger partial charge in [-0.15, -0.1) is 0 Å². The van der Waals surface area contributed by atoms with Crippen molar-refractivity contribution in [2.45, 2.75) is 13.2 Å². The molecule has 0 saturated heterocycles. The van der Waals surface area contributed by atoms with Crippen molar-refractivity contribution in [3.63, 3.8) is 0 Å². The number of hydrogen-bond acceptors (Lipinski definition) is 6. The molecule has 0 N–H and O–H groups in total. The lowest BCUT2D eigenvalue weighted by Crippen LogP contribution is -2.14. The average Bonchev–Trinajstić information content (AvgIpc) is 2.83. The lowest BCUT2D eigenvalue weighted by molar-refractivity contribution is -0.0175. The van der Waals surface area contributed by atoms with Gasteiger partial charge in [0.15, 0.2) is 12.2 Å². The zero-order valence-electron chi connectivity index (χ0n) is 17.2. The molecule has 0 unspecified atom stereocenters. The minimum atomic E-state index is -0.111. The van der Waals surface area contributed by atoms with Gasteiger partial charge < -0.3 is 23.4 Å². The number of methoxy groups -OCH3 is 1. The zero-order valence-corrected chi connectivity index (χ0v) is 18.0.